The quantitative estimate of drug-likeness (QED) is 0.901. The monoisotopic (exact) mass is 309 g/mol. The normalized spacial score (nSPS) is 10.4. The van der Waals surface area contributed by atoms with Gasteiger partial charge in [0.25, 0.3) is 5.91 Å². The Bertz CT molecular complexity index is 637. The molecule has 0 saturated carbocycles. The van der Waals surface area contributed by atoms with Crippen LogP contribution in [0.1, 0.15) is 27.0 Å². The highest BCUT2D eigenvalue weighted by molar-refractivity contribution is 7.14. The molecule has 0 aliphatic carbocycles. The fourth-order valence-corrected chi connectivity index (χ4v) is 3.13. The maximum absolute atomic E-state index is 12.3. The van der Waals surface area contributed by atoms with Gasteiger partial charge in [0, 0.05) is 9.90 Å². The number of carbonyl (C=O) groups is 1. The van der Waals surface area contributed by atoms with Crippen molar-refractivity contribution in [3.63, 3.8) is 0 Å². The number of nitrogens with one attached hydrogen (secondary N) is 1. The number of carbonyl (C=O) groups excluding carboxylic acids is 1. The fourth-order valence-electron chi connectivity index (χ4n) is 1.94. The van der Waals surface area contributed by atoms with Crippen LogP contribution in [0, 0.1) is 6.92 Å². The number of thiophene rings is 1. The van der Waals surface area contributed by atoms with Crippen molar-refractivity contribution in [2.24, 2.45) is 0 Å². The van der Waals surface area contributed by atoms with Gasteiger partial charge in [-0.15, -0.1) is 11.3 Å². The van der Waals surface area contributed by atoms with E-state index in [9.17, 15) is 4.79 Å². The van der Waals surface area contributed by atoms with Crippen LogP contribution in [0.5, 0.6) is 5.75 Å². The topological polar surface area (TPSA) is 38.3 Å². The molecule has 2 aromatic rings. The average molecular weight is 310 g/mol. The minimum Gasteiger partial charge on any atom is -0.495 e. The predicted octanol–water partition coefficient (Wildman–Crippen LogP) is 4.53. The molecule has 20 heavy (non-hydrogen) atoms. The molecule has 1 aromatic carbocycles. The number of aryl methyl sites for hydroxylation is 2. The van der Waals surface area contributed by atoms with Gasteiger partial charge in [-0.05, 0) is 43.2 Å². The van der Waals surface area contributed by atoms with E-state index in [4.69, 9.17) is 16.3 Å². The number of ether oxygens (including phenoxy) is 1. The van der Waals surface area contributed by atoms with E-state index in [0.717, 1.165) is 12.0 Å². The average Bonchev–Trinajstić information content (AvgIpc) is 2.80. The maximum Gasteiger partial charge on any atom is 0.265 e. The third-order valence-corrected chi connectivity index (χ3v) is 4.59. The number of hydrogen-bond acceptors (Lipinski definition) is 3. The number of anilines is 1. The van der Waals surface area contributed by atoms with Crippen LogP contribution in [-0.4, -0.2) is 13.0 Å². The zero-order valence-corrected chi connectivity index (χ0v) is 13.2. The number of amides is 1. The Hall–Kier alpha value is -1.52. The molecule has 0 aliphatic rings. The van der Waals surface area contributed by atoms with Crippen molar-refractivity contribution in [2.75, 3.05) is 12.4 Å². The van der Waals surface area contributed by atoms with Crippen LogP contribution in [0.2, 0.25) is 5.02 Å². The lowest BCUT2D eigenvalue weighted by Gasteiger charge is -2.09. The molecule has 0 fully saturated rings. The summed E-state index contributed by atoms with van der Waals surface area (Å²) in [5, 5.41) is 3.40. The number of halogens is 1. The Morgan fingerprint density at radius 1 is 1.40 bits per heavy atom. The van der Waals surface area contributed by atoms with Crippen molar-refractivity contribution in [1.29, 1.82) is 0 Å². The van der Waals surface area contributed by atoms with E-state index in [1.807, 2.05) is 13.0 Å². The molecule has 0 atom stereocenters. The summed E-state index contributed by atoms with van der Waals surface area (Å²) in [4.78, 5) is 14.2. The van der Waals surface area contributed by atoms with Gasteiger partial charge < -0.3 is 10.1 Å². The molecule has 0 radical (unpaired) electrons. The third kappa shape index (κ3) is 3.14. The van der Waals surface area contributed by atoms with E-state index < -0.39 is 0 Å². The summed E-state index contributed by atoms with van der Waals surface area (Å²) in [6.45, 7) is 4.10. The first-order valence-corrected chi connectivity index (χ1v) is 7.48. The van der Waals surface area contributed by atoms with Gasteiger partial charge in [0.15, 0.2) is 0 Å². The Balaban J connectivity index is 2.25. The van der Waals surface area contributed by atoms with E-state index in [1.54, 1.807) is 25.3 Å². The molecule has 0 spiro atoms. The summed E-state index contributed by atoms with van der Waals surface area (Å²) in [5.41, 5.74) is 1.73. The molecule has 0 unspecified atom stereocenters. The summed E-state index contributed by atoms with van der Waals surface area (Å²) < 4.78 is 5.22. The largest absolute Gasteiger partial charge is 0.495 e. The smallest absolute Gasteiger partial charge is 0.265 e. The minimum atomic E-state index is -0.140. The van der Waals surface area contributed by atoms with Crippen LogP contribution in [-0.2, 0) is 6.42 Å². The second-order valence-corrected chi connectivity index (χ2v) is 5.94. The van der Waals surface area contributed by atoms with E-state index >= 15 is 0 Å². The van der Waals surface area contributed by atoms with Crippen molar-refractivity contribution in [2.45, 2.75) is 20.3 Å². The van der Waals surface area contributed by atoms with Crippen LogP contribution in [0.4, 0.5) is 5.69 Å². The summed E-state index contributed by atoms with van der Waals surface area (Å²) in [7, 11) is 1.56. The standard InChI is InChI=1S/C15H16ClNO2S/c1-4-13-9(2)7-14(20-13)15(18)17-11-8-10(16)5-6-12(11)19-3/h5-8H,4H2,1-3H3,(H,17,18). The van der Waals surface area contributed by atoms with Crippen molar-refractivity contribution >= 4 is 34.5 Å². The zero-order chi connectivity index (χ0) is 14.7. The highest BCUT2D eigenvalue weighted by Crippen LogP contribution is 2.29. The minimum absolute atomic E-state index is 0.140. The SMILES string of the molecule is CCc1sc(C(=O)Nc2cc(Cl)ccc2OC)cc1C. The van der Waals surface area contributed by atoms with Gasteiger partial charge in [0.1, 0.15) is 5.75 Å². The second kappa shape index (κ2) is 6.29. The lowest BCUT2D eigenvalue weighted by atomic mass is 10.2. The highest BCUT2D eigenvalue weighted by Gasteiger charge is 2.14. The molecular weight excluding hydrogens is 294 g/mol. The predicted molar refractivity (Wildman–Crippen MR) is 84.4 cm³/mol. The molecule has 106 valence electrons. The Labute approximate surface area is 127 Å². The fraction of sp³-hybridized carbons (Fsp3) is 0.267. The van der Waals surface area contributed by atoms with E-state index in [0.29, 0.717) is 21.3 Å². The second-order valence-electron chi connectivity index (χ2n) is 4.37. The first kappa shape index (κ1) is 14.9. The van der Waals surface area contributed by atoms with Gasteiger partial charge in [0.2, 0.25) is 0 Å². The number of hydrogen-bond donors (Lipinski definition) is 1. The Morgan fingerprint density at radius 3 is 2.75 bits per heavy atom. The maximum atomic E-state index is 12.3. The Kier molecular flexibility index (Phi) is 4.68. The molecular formula is C15H16ClNO2S. The van der Waals surface area contributed by atoms with E-state index in [-0.39, 0.29) is 5.91 Å². The summed E-state index contributed by atoms with van der Waals surface area (Å²) >= 11 is 7.47. The number of rotatable bonds is 4. The molecule has 1 amide bonds. The number of benzene rings is 1. The zero-order valence-electron chi connectivity index (χ0n) is 11.6. The molecule has 5 heteroatoms. The van der Waals surface area contributed by atoms with Crippen LogP contribution in [0.3, 0.4) is 0 Å². The molecule has 1 aromatic heterocycles. The van der Waals surface area contributed by atoms with Gasteiger partial charge in [0.05, 0.1) is 17.7 Å². The first-order chi connectivity index (χ1) is 9.55. The molecule has 0 aliphatic heterocycles. The third-order valence-electron chi connectivity index (χ3n) is 2.98. The van der Waals surface area contributed by atoms with Crippen molar-refractivity contribution < 1.29 is 9.53 Å². The molecule has 2 rings (SSSR count). The molecule has 0 bridgehead atoms. The molecule has 3 nitrogen and oxygen atoms in total. The molecule has 1 N–H and O–H groups in total. The van der Waals surface area contributed by atoms with Crippen LogP contribution in [0.15, 0.2) is 24.3 Å². The lowest BCUT2D eigenvalue weighted by molar-refractivity contribution is 0.103. The summed E-state index contributed by atoms with van der Waals surface area (Å²) in [6, 6.07) is 7.05. The summed E-state index contributed by atoms with van der Waals surface area (Å²) in [5.74, 6) is 0.449. The van der Waals surface area contributed by atoms with Gasteiger partial charge in [-0.1, -0.05) is 18.5 Å². The first-order valence-electron chi connectivity index (χ1n) is 6.29. The van der Waals surface area contributed by atoms with Crippen molar-refractivity contribution in [3.8, 4) is 5.75 Å². The summed E-state index contributed by atoms with van der Waals surface area (Å²) in [6.07, 6.45) is 0.935. The number of methoxy groups -OCH3 is 1. The van der Waals surface area contributed by atoms with Gasteiger partial charge >= 0.3 is 0 Å². The lowest BCUT2D eigenvalue weighted by Crippen LogP contribution is -2.11. The van der Waals surface area contributed by atoms with E-state index in [2.05, 4.69) is 12.2 Å². The van der Waals surface area contributed by atoms with Crippen molar-refractivity contribution in [3.05, 3.63) is 44.6 Å². The Morgan fingerprint density at radius 2 is 2.15 bits per heavy atom. The van der Waals surface area contributed by atoms with E-state index in [1.165, 1.54) is 16.2 Å². The highest BCUT2D eigenvalue weighted by atomic mass is 35.5. The van der Waals surface area contributed by atoms with Crippen LogP contribution >= 0.6 is 22.9 Å². The van der Waals surface area contributed by atoms with Crippen molar-refractivity contribution in [1.82, 2.24) is 0 Å². The molecule has 1 heterocycles. The molecule has 0 saturated heterocycles. The van der Waals surface area contributed by atoms with Crippen LogP contribution < -0.4 is 10.1 Å². The van der Waals surface area contributed by atoms with Crippen LogP contribution in [0.25, 0.3) is 0 Å². The van der Waals surface area contributed by atoms with Gasteiger partial charge in [-0.2, -0.15) is 0 Å². The van der Waals surface area contributed by atoms with Gasteiger partial charge in [-0.3, -0.25) is 4.79 Å². The van der Waals surface area contributed by atoms with Gasteiger partial charge in [-0.25, -0.2) is 0 Å².